The highest BCUT2D eigenvalue weighted by molar-refractivity contribution is 5.85. The number of carbonyl (C=O) groups is 1. The monoisotopic (exact) mass is 332 g/mol. The first-order valence-electron chi connectivity index (χ1n) is 7.75. The molecular formula is C19H25ClN2O. The molecule has 0 aliphatic heterocycles. The van der Waals surface area contributed by atoms with E-state index < -0.39 is 0 Å². The van der Waals surface area contributed by atoms with E-state index in [1.165, 1.54) is 0 Å². The zero-order valence-electron chi connectivity index (χ0n) is 13.7. The summed E-state index contributed by atoms with van der Waals surface area (Å²) < 4.78 is 0. The van der Waals surface area contributed by atoms with Crippen LogP contribution >= 0.6 is 12.4 Å². The molecule has 0 spiro atoms. The number of hydrogen-bond acceptors (Lipinski definition) is 2. The van der Waals surface area contributed by atoms with Gasteiger partial charge in [-0.25, -0.2) is 0 Å². The highest BCUT2D eigenvalue weighted by Gasteiger charge is 2.21. The molecule has 0 aliphatic rings. The van der Waals surface area contributed by atoms with E-state index in [-0.39, 0.29) is 24.4 Å². The molecule has 0 radical (unpaired) electrons. The van der Waals surface area contributed by atoms with Gasteiger partial charge in [-0.3, -0.25) is 4.79 Å². The Morgan fingerprint density at radius 2 is 1.61 bits per heavy atom. The number of halogens is 1. The molecule has 0 aromatic heterocycles. The Morgan fingerprint density at radius 1 is 1.04 bits per heavy atom. The van der Waals surface area contributed by atoms with Crippen LogP contribution in [0.1, 0.15) is 30.5 Å². The molecule has 0 heterocycles. The van der Waals surface area contributed by atoms with E-state index >= 15 is 0 Å². The number of hydrogen-bond donors (Lipinski definition) is 1. The van der Waals surface area contributed by atoms with Crippen molar-refractivity contribution < 1.29 is 4.79 Å². The maximum Gasteiger partial charge on any atom is 0.224 e. The van der Waals surface area contributed by atoms with Gasteiger partial charge in [-0.05, 0) is 25.1 Å². The maximum atomic E-state index is 12.6. The quantitative estimate of drug-likeness (QED) is 0.836. The van der Waals surface area contributed by atoms with Crippen LogP contribution in [0.25, 0.3) is 0 Å². The van der Waals surface area contributed by atoms with Crippen molar-refractivity contribution in [2.24, 2.45) is 0 Å². The van der Waals surface area contributed by atoms with Gasteiger partial charge >= 0.3 is 0 Å². The first kappa shape index (κ1) is 19.2. The third-order valence-electron chi connectivity index (χ3n) is 3.85. The van der Waals surface area contributed by atoms with Crippen molar-refractivity contribution in [2.45, 2.75) is 25.9 Å². The lowest BCUT2D eigenvalue weighted by molar-refractivity contribution is -0.134. The summed E-state index contributed by atoms with van der Waals surface area (Å²) in [5.74, 6) is 0.176. The topological polar surface area (TPSA) is 32.3 Å². The number of nitrogens with zero attached hydrogens (tertiary/aromatic N) is 1. The van der Waals surface area contributed by atoms with Gasteiger partial charge in [0.2, 0.25) is 5.91 Å². The SMILES string of the molecule is CNCCC(=O)N(Cc1ccccc1)C(C)c1ccccc1.Cl. The average Bonchev–Trinajstić information content (AvgIpc) is 2.58. The molecule has 2 aromatic carbocycles. The first-order chi connectivity index (χ1) is 10.7. The van der Waals surface area contributed by atoms with Crippen LogP contribution in [0.2, 0.25) is 0 Å². The van der Waals surface area contributed by atoms with E-state index in [2.05, 4.69) is 36.5 Å². The molecule has 0 saturated heterocycles. The van der Waals surface area contributed by atoms with Gasteiger partial charge in [-0.15, -0.1) is 12.4 Å². The van der Waals surface area contributed by atoms with Gasteiger partial charge in [0.15, 0.2) is 0 Å². The zero-order chi connectivity index (χ0) is 15.8. The molecule has 0 aliphatic carbocycles. The van der Waals surface area contributed by atoms with E-state index in [1.807, 2.05) is 48.3 Å². The molecule has 4 heteroatoms. The molecule has 0 saturated carbocycles. The minimum Gasteiger partial charge on any atom is -0.332 e. The molecule has 1 atom stereocenters. The van der Waals surface area contributed by atoms with Crippen molar-refractivity contribution in [2.75, 3.05) is 13.6 Å². The second-order valence-corrected chi connectivity index (χ2v) is 5.45. The highest BCUT2D eigenvalue weighted by Crippen LogP contribution is 2.23. The molecule has 1 N–H and O–H groups in total. The fourth-order valence-electron chi connectivity index (χ4n) is 2.51. The third-order valence-corrected chi connectivity index (χ3v) is 3.85. The first-order valence-corrected chi connectivity index (χ1v) is 7.75. The summed E-state index contributed by atoms with van der Waals surface area (Å²) in [6.45, 7) is 3.43. The van der Waals surface area contributed by atoms with Gasteiger partial charge in [0, 0.05) is 19.5 Å². The van der Waals surface area contributed by atoms with Crippen LogP contribution in [0.5, 0.6) is 0 Å². The van der Waals surface area contributed by atoms with Gasteiger partial charge in [0.05, 0.1) is 6.04 Å². The van der Waals surface area contributed by atoms with Gasteiger partial charge in [-0.2, -0.15) is 0 Å². The van der Waals surface area contributed by atoms with E-state index in [4.69, 9.17) is 0 Å². The smallest absolute Gasteiger partial charge is 0.224 e. The minimum atomic E-state index is 0. The fourth-order valence-corrected chi connectivity index (χ4v) is 2.51. The zero-order valence-corrected chi connectivity index (χ0v) is 14.6. The van der Waals surface area contributed by atoms with Gasteiger partial charge in [-0.1, -0.05) is 60.7 Å². The van der Waals surface area contributed by atoms with Crippen molar-refractivity contribution in [3.05, 3.63) is 71.8 Å². The summed E-state index contributed by atoms with van der Waals surface area (Å²) in [5, 5.41) is 3.05. The van der Waals surface area contributed by atoms with E-state index in [0.717, 1.165) is 11.1 Å². The predicted molar refractivity (Wildman–Crippen MR) is 97.6 cm³/mol. The standard InChI is InChI=1S/C19H24N2O.ClH/c1-16(18-11-7-4-8-12-18)21(19(22)13-14-20-2)15-17-9-5-3-6-10-17;/h3-12,16,20H,13-15H2,1-2H3;1H. The molecule has 2 aromatic rings. The Bertz CT molecular complexity index is 574. The van der Waals surface area contributed by atoms with Crippen LogP contribution in [0.4, 0.5) is 0 Å². The lowest BCUT2D eigenvalue weighted by Gasteiger charge is -2.30. The average molecular weight is 333 g/mol. The van der Waals surface area contributed by atoms with Gasteiger partial charge in [0.25, 0.3) is 0 Å². The third kappa shape index (κ3) is 5.70. The largest absolute Gasteiger partial charge is 0.332 e. The summed E-state index contributed by atoms with van der Waals surface area (Å²) in [6.07, 6.45) is 0.514. The van der Waals surface area contributed by atoms with Gasteiger partial charge < -0.3 is 10.2 Å². The van der Waals surface area contributed by atoms with Crippen molar-refractivity contribution >= 4 is 18.3 Å². The Hall–Kier alpha value is -1.84. The Balaban J connectivity index is 0.00000264. The summed E-state index contributed by atoms with van der Waals surface area (Å²) in [6, 6.07) is 20.4. The molecule has 2 rings (SSSR count). The molecule has 1 unspecified atom stereocenters. The molecule has 3 nitrogen and oxygen atoms in total. The lowest BCUT2D eigenvalue weighted by atomic mass is 10.1. The van der Waals surface area contributed by atoms with Crippen molar-refractivity contribution in [1.82, 2.24) is 10.2 Å². The maximum absolute atomic E-state index is 12.6. The van der Waals surface area contributed by atoms with Crippen LogP contribution in [-0.2, 0) is 11.3 Å². The normalized spacial score (nSPS) is 11.4. The van der Waals surface area contributed by atoms with E-state index in [0.29, 0.717) is 19.5 Å². The van der Waals surface area contributed by atoms with Crippen LogP contribution in [-0.4, -0.2) is 24.4 Å². The molecule has 23 heavy (non-hydrogen) atoms. The summed E-state index contributed by atoms with van der Waals surface area (Å²) in [7, 11) is 1.87. The van der Waals surface area contributed by atoms with Gasteiger partial charge in [0.1, 0.15) is 0 Å². The highest BCUT2D eigenvalue weighted by atomic mass is 35.5. The van der Waals surface area contributed by atoms with Crippen molar-refractivity contribution in [1.29, 1.82) is 0 Å². The van der Waals surface area contributed by atoms with E-state index in [1.54, 1.807) is 0 Å². The Morgan fingerprint density at radius 3 is 2.17 bits per heavy atom. The van der Waals surface area contributed by atoms with Crippen molar-refractivity contribution in [3.8, 4) is 0 Å². The molecule has 1 amide bonds. The molecule has 0 bridgehead atoms. The lowest BCUT2D eigenvalue weighted by Crippen LogP contribution is -2.34. The van der Waals surface area contributed by atoms with Crippen LogP contribution in [0.3, 0.4) is 0 Å². The minimum absolute atomic E-state index is 0. The number of rotatable bonds is 7. The Kier molecular flexibility index (Phi) is 8.38. The summed E-state index contributed by atoms with van der Waals surface area (Å²) in [4.78, 5) is 14.6. The molecule has 124 valence electrons. The Labute approximate surface area is 145 Å². The van der Waals surface area contributed by atoms with Crippen LogP contribution in [0.15, 0.2) is 60.7 Å². The van der Waals surface area contributed by atoms with E-state index in [9.17, 15) is 4.79 Å². The second-order valence-electron chi connectivity index (χ2n) is 5.45. The fraction of sp³-hybridized carbons (Fsp3) is 0.316. The summed E-state index contributed by atoms with van der Waals surface area (Å²) >= 11 is 0. The van der Waals surface area contributed by atoms with Crippen molar-refractivity contribution in [3.63, 3.8) is 0 Å². The molecular weight excluding hydrogens is 308 g/mol. The number of amides is 1. The number of nitrogens with one attached hydrogen (secondary N) is 1. The number of carbonyl (C=O) groups excluding carboxylic acids is 1. The summed E-state index contributed by atoms with van der Waals surface area (Å²) in [5.41, 5.74) is 2.32. The predicted octanol–water partition coefficient (Wildman–Crippen LogP) is 3.81. The number of benzene rings is 2. The molecule has 0 fully saturated rings. The van der Waals surface area contributed by atoms with Crippen LogP contribution in [0, 0.1) is 0 Å². The van der Waals surface area contributed by atoms with Crippen LogP contribution < -0.4 is 5.32 Å². The second kappa shape index (κ2) is 10.0.